The number of rotatable bonds is 4. The molecule has 0 aromatic heterocycles. The standard InChI is InChI=1S/C16H16BrClO/c1-3-19-15-6-4-12(5-7-15)16(17)13-8-11(2)9-14(18)10-13/h4-10,16H,3H2,1-2H3. The third kappa shape index (κ3) is 3.74. The second-order valence-corrected chi connectivity index (χ2v) is 5.78. The van der Waals surface area contributed by atoms with Crippen molar-refractivity contribution in [1.82, 2.24) is 0 Å². The molecular formula is C16H16BrClO. The van der Waals surface area contributed by atoms with Gasteiger partial charge in [0, 0.05) is 5.02 Å². The molecule has 0 saturated carbocycles. The number of hydrogen-bond donors (Lipinski definition) is 0. The second kappa shape index (κ2) is 6.44. The van der Waals surface area contributed by atoms with Crippen LogP contribution in [0.3, 0.4) is 0 Å². The highest BCUT2D eigenvalue weighted by Gasteiger charge is 2.11. The zero-order chi connectivity index (χ0) is 13.8. The van der Waals surface area contributed by atoms with Crippen LogP contribution < -0.4 is 4.74 Å². The number of halogens is 2. The van der Waals surface area contributed by atoms with Crippen LogP contribution >= 0.6 is 27.5 Å². The molecule has 19 heavy (non-hydrogen) atoms. The molecule has 0 bridgehead atoms. The summed E-state index contributed by atoms with van der Waals surface area (Å²) in [6, 6.07) is 14.2. The molecular weight excluding hydrogens is 324 g/mol. The molecule has 0 N–H and O–H groups in total. The van der Waals surface area contributed by atoms with Crippen molar-refractivity contribution in [2.45, 2.75) is 18.7 Å². The lowest BCUT2D eigenvalue weighted by Crippen LogP contribution is -1.95. The molecule has 0 saturated heterocycles. The molecule has 1 unspecified atom stereocenters. The van der Waals surface area contributed by atoms with Gasteiger partial charge in [-0.15, -0.1) is 0 Å². The quantitative estimate of drug-likeness (QED) is 0.665. The van der Waals surface area contributed by atoms with E-state index in [0.29, 0.717) is 6.61 Å². The normalized spacial score (nSPS) is 12.2. The van der Waals surface area contributed by atoms with Gasteiger partial charge in [0.15, 0.2) is 0 Å². The van der Waals surface area contributed by atoms with Gasteiger partial charge in [0.05, 0.1) is 11.4 Å². The van der Waals surface area contributed by atoms with Crippen molar-refractivity contribution < 1.29 is 4.74 Å². The summed E-state index contributed by atoms with van der Waals surface area (Å²) in [5.41, 5.74) is 3.51. The Morgan fingerprint density at radius 2 is 1.79 bits per heavy atom. The van der Waals surface area contributed by atoms with Crippen LogP contribution in [0.4, 0.5) is 0 Å². The molecule has 0 amide bonds. The number of benzene rings is 2. The molecule has 0 heterocycles. The topological polar surface area (TPSA) is 9.23 Å². The molecule has 2 aromatic rings. The Bertz CT molecular complexity index is 531. The molecule has 3 heteroatoms. The molecule has 100 valence electrons. The molecule has 1 atom stereocenters. The molecule has 1 nitrogen and oxygen atoms in total. The average Bonchev–Trinajstić information content (AvgIpc) is 2.38. The van der Waals surface area contributed by atoms with Gasteiger partial charge in [-0.2, -0.15) is 0 Å². The Morgan fingerprint density at radius 1 is 1.11 bits per heavy atom. The zero-order valence-corrected chi connectivity index (χ0v) is 13.3. The predicted molar refractivity (Wildman–Crippen MR) is 84.6 cm³/mol. The van der Waals surface area contributed by atoms with Crippen molar-refractivity contribution in [3.05, 3.63) is 64.2 Å². The summed E-state index contributed by atoms with van der Waals surface area (Å²) >= 11 is 9.83. The van der Waals surface area contributed by atoms with Crippen LogP contribution in [-0.2, 0) is 0 Å². The molecule has 0 aliphatic carbocycles. The zero-order valence-electron chi connectivity index (χ0n) is 11.0. The van der Waals surface area contributed by atoms with Gasteiger partial charge in [0.2, 0.25) is 0 Å². The highest BCUT2D eigenvalue weighted by Crippen LogP contribution is 2.33. The van der Waals surface area contributed by atoms with Crippen molar-refractivity contribution in [3.8, 4) is 5.75 Å². The van der Waals surface area contributed by atoms with Gasteiger partial charge < -0.3 is 4.74 Å². The maximum atomic E-state index is 6.11. The fraction of sp³-hybridized carbons (Fsp3) is 0.250. The van der Waals surface area contributed by atoms with Gasteiger partial charge in [0.25, 0.3) is 0 Å². The smallest absolute Gasteiger partial charge is 0.119 e. The van der Waals surface area contributed by atoms with Crippen LogP contribution in [0.2, 0.25) is 5.02 Å². The summed E-state index contributed by atoms with van der Waals surface area (Å²) in [6.45, 7) is 4.72. The minimum absolute atomic E-state index is 0.139. The van der Waals surface area contributed by atoms with Crippen molar-refractivity contribution in [2.24, 2.45) is 0 Å². The molecule has 0 spiro atoms. The van der Waals surface area contributed by atoms with E-state index >= 15 is 0 Å². The van der Waals surface area contributed by atoms with Crippen molar-refractivity contribution in [1.29, 1.82) is 0 Å². The molecule has 2 rings (SSSR count). The summed E-state index contributed by atoms with van der Waals surface area (Å²) in [5.74, 6) is 0.897. The molecule has 0 fully saturated rings. The minimum Gasteiger partial charge on any atom is -0.494 e. The Balaban J connectivity index is 2.25. The van der Waals surface area contributed by atoms with Gasteiger partial charge in [-0.3, -0.25) is 0 Å². The number of alkyl halides is 1. The van der Waals surface area contributed by atoms with Crippen molar-refractivity contribution in [2.75, 3.05) is 6.61 Å². The average molecular weight is 340 g/mol. The first-order valence-electron chi connectivity index (χ1n) is 6.24. The summed E-state index contributed by atoms with van der Waals surface area (Å²) in [4.78, 5) is 0.139. The van der Waals surface area contributed by atoms with E-state index in [4.69, 9.17) is 16.3 Å². The summed E-state index contributed by atoms with van der Waals surface area (Å²) in [5, 5.41) is 0.769. The van der Waals surface area contributed by atoms with Crippen LogP contribution in [0.5, 0.6) is 5.75 Å². The van der Waals surface area contributed by atoms with Crippen LogP contribution in [0.15, 0.2) is 42.5 Å². The van der Waals surface area contributed by atoms with E-state index in [2.05, 4.69) is 34.1 Å². The fourth-order valence-corrected chi connectivity index (χ4v) is 2.87. The Labute approximate surface area is 127 Å². The lowest BCUT2D eigenvalue weighted by molar-refractivity contribution is 0.340. The highest BCUT2D eigenvalue weighted by atomic mass is 79.9. The number of ether oxygens (including phenoxy) is 1. The molecule has 0 aliphatic rings. The van der Waals surface area contributed by atoms with E-state index < -0.39 is 0 Å². The van der Waals surface area contributed by atoms with Gasteiger partial charge in [-0.1, -0.05) is 45.7 Å². The van der Waals surface area contributed by atoms with E-state index in [1.807, 2.05) is 38.1 Å². The van der Waals surface area contributed by atoms with E-state index in [1.165, 1.54) is 5.56 Å². The maximum Gasteiger partial charge on any atom is 0.119 e. The van der Waals surface area contributed by atoms with E-state index in [0.717, 1.165) is 21.9 Å². The van der Waals surface area contributed by atoms with Crippen LogP contribution in [0.25, 0.3) is 0 Å². The lowest BCUT2D eigenvalue weighted by Gasteiger charge is -2.13. The third-order valence-electron chi connectivity index (χ3n) is 2.84. The summed E-state index contributed by atoms with van der Waals surface area (Å²) in [6.07, 6.45) is 0. The first-order valence-corrected chi connectivity index (χ1v) is 7.53. The lowest BCUT2D eigenvalue weighted by atomic mass is 10.0. The van der Waals surface area contributed by atoms with Gasteiger partial charge in [0.1, 0.15) is 5.75 Å². The van der Waals surface area contributed by atoms with Gasteiger partial charge in [-0.05, 0) is 54.8 Å². The Morgan fingerprint density at radius 3 is 2.37 bits per heavy atom. The van der Waals surface area contributed by atoms with Crippen molar-refractivity contribution >= 4 is 27.5 Å². The predicted octanol–water partition coefficient (Wildman–Crippen LogP) is 5.53. The Kier molecular flexibility index (Phi) is 4.89. The third-order valence-corrected chi connectivity index (χ3v) is 4.12. The van der Waals surface area contributed by atoms with E-state index in [1.54, 1.807) is 0 Å². The number of hydrogen-bond acceptors (Lipinski definition) is 1. The first kappa shape index (κ1) is 14.4. The van der Waals surface area contributed by atoms with Crippen molar-refractivity contribution in [3.63, 3.8) is 0 Å². The highest BCUT2D eigenvalue weighted by molar-refractivity contribution is 9.09. The molecule has 0 radical (unpaired) electrons. The Hall–Kier alpha value is -0.990. The fourth-order valence-electron chi connectivity index (χ4n) is 2.00. The van der Waals surface area contributed by atoms with Crippen LogP contribution in [-0.4, -0.2) is 6.61 Å². The SMILES string of the molecule is CCOc1ccc(C(Br)c2cc(C)cc(Cl)c2)cc1. The second-order valence-electron chi connectivity index (χ2n) is 4.43. The largest absolute Gasteiger partial charge is 0.494 e. The van der Waals surface area contributed by atoms with Gasteiger partial charge in [-0.25, -0.2) is 0 Å². The first-order chi connectivity index (χ1) is 9.10. The maximum absolute atomic E-state index is 6.11. The van der Waals surface area contributed by atoms with Crippen LogP contribution in [0.1, 0.15) is 28.4 Å². The summed E-state index contributed by atoms with van der Waals surface area (Å²) in [7, 11) is 0. The molecule has 0 aliphatic heterocycles. The molecule has 2 aromatic carbocycles. The van der Waals surface area contributed by atoms with Crippen LogP contribution in [0, 0.1) is 6.92 Å². The van der Waals surface area contributed by atoms with Gasteiger partial charge >= 0.3 is 0 Å². The monoisotopic (exact) mass is 338 g/mol. The van der Waals surface area contributed by atoms with E-state index in [9.17, 15) is 0 Å². The number of aryl methyl sites for hydroxylation is 1. The minimum atomic E-state index is 0.139. The summed E-state index contributed by atoms with van der Waals surface area (Å²) < 4.78 is 5.45. The van der Waals surface area contributed by atoms with E-state index in [-0.39, 0.29) is 4.83 Å².